The van der Waals surface area contributed by atoms with Crippen molar-refractivity contribution in [1.82, 2.24) is 0 Å². The molecular formula is C125H185FO7. The van der Waals surface area contributed by atoms with Gasteiger partial charge in [0.15, 0.2) is 0 Å². The molecule has 734 valence electrons. The Morgan fingerprint density at radius 1 is 0.286 bits per heavy atom. The molecule has 7 aromatic carbocycles. The molecule has 0 aromatic heterocycles. The largest absolute Gasteiger partial charge is 0.481 e. The van der Waals surface area contributed by atoms with Gasteiger partial charge in [0, 0.05) is 31.1 Å². The number of unbranched alkanes of at least 4 members (excludes halogenated alkanes) is 22. The molecule has 0 atom stereocenters. The van der Waals surface area contributed by atoms with Crippen molar-refractivity contribution in [2.24, 2.45) is 0 Å². The number of aliphatic carboxylic acids is 1. The second-order valence-corrected chi connectivity index (χ2v) is 38.2. The number of halogens is 1. The fourth-order valence-electron chi connectivity index (χ4n) is 16.5. The van der Waals surface area contributed by atoms with E-state index in [4.69, 9.17) is 0 Å². The first kappa shape index (κ1) is 120. The minimum absolute atomic E-state index is 0.0270. The first-order valence-electron chi connectivity index (χ1n) is 53.0. The number of carbonyl (C=O) groups excluding carboxylic acids is 5. The Bertz CT molecular complexity index is 4370. The van der Waals surface area contributed by atoms with Crippen molar-refractivity contribution < 1.29 is 38.3 Å². The molecule has 0 saturated carbocycles. The van der Waals surface area contributed by atoms with E-state index < -0.39 is 5.97 Å². The number of allylic oxidation sites excluding steroid dienone is 4. The molecule has 0 saturated heterocycles. The first-order valence-corrected chi connectivity index (χ1v) is 53.0. The normalized spacial score (nSPS) is 11.2. The lowest BCUT2D eigenvalue weighted by Crippen LogP contribution is -2.26. The van der Waals surface area contributed by atoms with Crippen molar-refractivity contribution in [2.75, 3.05) is 0 Å². The Labute approximate surface area is 812 Å². The smallest absolute Gasteiger partial charge is 0.307 e. The number of hydrogen-bond acceptors (Lipinski definition) is 6. The quantitative estimate of drug-likeness (QED) is 0.0377. The van der Waals surface area contributed by atoms with Gasteiger partial charge in [-0.25, -0.2) is 4.39 Å². The van der Waals surface area contributed by atoms with Gasteiger partial charge in [-0.15, -0.1) is 0 Å². The number of hydrogen-bond donors (Lipinski definition) is 1. The highest BCUT2D eigenvalue weighted by atomic mass is 19.1. The highest BCUT2D eigenvalue weighted by molar-refractivity contribution is 5.87. The Morgan fingerprint density at radius 2 is 0.594 bits per heavy atom. The molecule has 0 aliphatic heterocycles. The molecule has 133 heavy (non-hydrogen) atoms. The summed E-state index contributed by atoms with van der Waals surface area (Å²) in [5.74, 6) is 0.0991. The number of carboxylic acids is 1. The Hall–Kier alpha value is -8.75. The summed E-state index contributed by atoms with van der Waals surface area (Å²) in [4.78, 5) is 68.8. The molecule has 0 radical (unpaired) electrons. The lowest BCUT2D eigenvalue weighted by molar-refractivity contribution is -0.136. The Kier molecular flexibility index (Phi) is 68.3. The van der Waals surface area contributed by atoms with Crippen molar-refractivity contribution in [3.05, 3.63) is 269 Å². The molecule has 0 fully saturated rings. The van der Waals surface area contributed by atoms with Crippen LogP contribution in [-0.4, -0.2) is 40.0 Å². The molecular weight excluding hydrogens is 1630 g/mol. The zero-order valence-electron chi connectivity index (χ0n) is 87.7. The maximum atomic E-state index is 14.5. The summed E-state index contributed by atoms with van der Waals surface area (Å²) < 4.78 is 14.5. The van der Waals surface area contributed by atoms with E-state index in [1.807, 2.05) is 18.2 Å². The number of carbonyl (C=O) groups is 6. The molecule has 0 spiro atoms. The average Bonchev–Trinajstić information content (AvgIpc) is 0.858. The van der Waals surface area contributed by atoms with Gasteiger partial charge in [-0.2, -0.15) is 0 Å². The van der Waals surface area contributed by atoms with Crippen LogP contribution < -0.4 is 0 Å². The highest BCUT2D eigenvalue weighted by Crippen LogP contribution is 2.31. The molecule has 7 aromatic rings. The van der Waals surface area contributed by atoms with Gasteiger partial charge >= 0.3 is 5.97 Å². The number of rotatable bonds is 61. The van der Waals surface area contributed by atoms with E-state index in [2.05, 4.69) is 255 Å². The molecule has 8 heteroatoms. The molecule has 0 bridgehead atoms. The number of carboxylic acid groups (broad SMARTS) is 1. The number of aryl methyl sites for hydroxylation is 9. The lowest BCUT2D eigenvalue weighted by atomic mass is 9.79. The van der Waals surface area contributed by atoms with Gasteiger partial charge in [-0.3, -0.25) is 24.0 Å². The van der Waals surface area contributed by atoms with Crippen molar-refractivity contribution in [1.29, 1.82) is 0 Å². The SMILES string of the molecule is CCC/C=C/c1cc(/C=C/CCC)cc(CC(C)=O)c1.CCCC/C=C/c1cc(/C=C/CCCC)cc(CC(C)=O)c1.CCCCCc1cc(CCCCC)c(Cc2ccccc2)c(CC(=O)O)c1.CCCCCc1cc(CCCCC)c(F)c(CC(C)=O)c1.CCCCCc1cc(CCCCC)cc(C(C)(C)C(C)=O)c1.CCCCCc1cc(CCCCC)cc(CCC(C)=O)c1. The van der Waals surface area contributed by atoms with Gasteiger partial charge in [0.2, 0.25) is 0 Å². The third kappa shape index (κ3) is 57.0. The summed E-state index contributed by atoms with van der Waals surface area (Å²) in [7, 11) is 0. The van der Waals surface area contributed by atoms with Crippen LogP contribution >= 0.6 is 0 Å². The van der Waals surface area contributed by atoms with E-state index in [1.165, 1.54) is 257 Å². The minimum Gasteiger partial charge on any atom is -0.481 e. The lowest BCUT2D eigenvalue weighted by Gasteiger charge is -2.24. The summed E-state index contributed by atoms with van der Waals surface area (Å²) in [5, 5.41) is 9.47. The second-order valence-electron chi connectivity index (χ2n) is 38.2. The molecule has 0 heterocycles. The maximum Gasteiger partial charge on any atom is 0.307 e. The third-order valence-electron chi connectivity index (χ3n) is 24.4. The van der Waals surface area contributed by atoms with E-state index in [9.17, 15) is 38.3 Å². The fraction of sp³-hybridized carbons (Fsp3) is 0.552. The van der Waals surface area contributed by atoms with Crippen molar-refractivity contribution >= 4 is 59.2 Å². The fourth-order valence-corrected chi connectivity index (χ4v) is 16.5. The zero-order valence-corrected chi connectivity index (χ0v) is 87.7. The molecule has 0 amide bonds. The molecule has 7 rings (SSSR count). The van der Waals surface area contributed by atoms with Crippen LogP contribution in [0.1, 0.15) is 468 Å². The van der Waals surface area contributed by atoms with E-state index in [-0.39, 0.29) is 47.2 Å². The molecule has 0 unspecified atom stereocenters. The number of benzene rings is 7. The van der Waals surface area contributed by atoms with Crippen molar-refractivity contribution in [2.45, 2.75) is 452 Å². The number of ketones is 5. The van der Waals surface area contributed by atoms with Crippen LogP contribution in [0.2, 0.25) is 0 Å². The van der Waals surface area contributed by atoms with Crippen molar-refractivity contribution in [3.63, 3.8) is 0 Å². The van der Waals surface area contributed by atoms with E-state index in [0.717, 1.165) is 138 Å². The number of Topliss-reactive ketones (excluding diaryl/α,β-unsaturated/α-hetero) is 5. The zero-order chi connectivity index (χ0) is 98.2. The second kappa shape index (κ2) is 75.4. The highest BCUT2D eigenvalue weighted by Gasteiger charge is 2.27. The summed E-state index contributed by atoms with van der Waals surface area (Å²) in [6, 6.07) is 45.7. The monoisotopic (exact) mass is 1820 g/mol. The van der Waals surface area contributed by atoms with Crippen LogP contribution in [0, 0.1) is 5.82 Å². The van der Waals surface area contributed by atoms with Gasteiger partial charge in [-0.05, 0) is 313 Å². The van der Waals surface area contributed by atoms with Gasteiger partial charge in [0.25, 0.3) is 0 Å². The van der Waals surface area contributed by atoms with Gasteiger partial charge < -0.3 is 9.90 Å². The molecule has 7 nitrogen and oxygen atoms in total. The van der Waals surface area contributed by atoms with Crippen LogP contribution in [0.25, 0.3) is 24.3 Å². The minimum atomic E-state index is -0.741. The van der Waals surface area contributed by atoms with Crippen LogP contribution in [0.5, 0.6) is 0 Å². The van der Waals surface area contributed by atoms with E-state index in [1.54, 1.807) is 27.7 Å². The maximum absolute atomic E-state index is 14.5. The third-order valence-corrected chi connectivity index (χ3v) is 24.4. The van der Waals surface area contributed by atoms with E-state index in [0.29, 0.717) is 30.6 Å². The Balaban J connectivity index is 0.000000542. The predicted molar refractivity (Wildman–Crippen MR) is 576 cm³/mol. The summed E-state index contributed by atoms with van der Waals surface area (Å²) in [6.07, 6.45) is 70.8. The first-order chi connectivity index (χ1) is 64.1. The van der Waals surface area contributed by atoms with Crippen molar-refractivity contribution in [3.8, 4) is 0 Å². The van der Waals surface area contributed by atoms with Gasteiger partial charge in [0.1, 0.15) is 34.7 Å². The predicted octanol–water partition coefficient (Wildman–Crippen LogP) is 35.2. The summed E-state index contributed by atoms with van der Waals surface area (Å²) in [6.45, 7) is 38.9. The molecule has 1 N–H and O–H groups in total. The van der Waals surface area contributed by atoms with Crippen LogP contribution in [-0.2, 0) is 124 Å². The summed E-state index contributed by atoms with van der Waals surface area (Å²) >= 11 is 0. The molecule has 0 aliphatic carbocycles. The Morgan fingerprint density at radius 3 is 0.925 bits per heavy atom. The van der Waals surface area contributed by atoms with E-state index >= 15 is 0 Å². The van der Waals surface area contributed by atoms with Crippen LogP contribution in [0.4, 0.5) is 4.39 Å². The van der Waals surface area contributed by atoms with Gasteiger partial charge in [-0.1, -0.05) is 388 Å². The van der Waals surface area contributed by atoms with Gasteiger partial charge in [0.05, 0.1) is 6.42 Å². The topological polar surface area (TPSA) is 123 Å². The average molecular weight is 1820 g/mol. The molecule has 0 aliphatic rings. The van der Waals surface area contributed by atoms with Crippen LogP contribution in [0.3, 0.4) is 0 Å². The standard InChI is InChI=1S/C25H34O2.C21H34O.C21H30O.C20H32O.C19H29FO.C19H26O/c1-3-5-8-14-21-16-22(15-9-6-4-2)24(23(17-21)19-25(26)27)18-20-12-10-7-11-13-20;1-6-8-10-12-18-14-19(13-11-9-7-2)16-20(15-18)21(4,5)17(3)22;1-4-6-8-10-12-19-15-20(13-11-9-7-5-2)17-21(16-19)14-18(3)22;1-4-6-8-10-18-14-19(11-9-7-5-2)16-20(15-18)13-12-17(3)21;1-4-6-8-10-16-13-17(11-9-7-5-2)19(20)18(14-16)12-15(3)21;1-4-6-8-10-17-13-18(11-9-7-5-2)15-19(14-17)12-16(3)20/h7,10-13,16-17H,3-6,8-9,14-15,18-19H2,1-2H3,(H,26,27);14-16H,6-13H2,1-5H3;10-13,15-17H,4-9,14H2,1-3H3;14-16H,4-13H2,1-3H3;13-14H,4-12H2,1-3H3;8-11,13-15H,4-7,12H2,1-3H3/b;;12-10+,13-11+;;;10-8+,11-9+. The summed E-state index contributed by atoms with van der Waals surface area (Å²) in [5.41, 5.74) is 23.6. The van der Waals surface area contributed by atoms with Crippen LogP contribution in [0.15, 0.2) is 152 Å².